The van der Waals surface area contributed by atoms with Crippen molar-refractivity contribution < 1.29 is 0 Å². The number of fused-ring (bicyclic) bond motifs is 5. The first-order valence-electron chi connectivity index (χ1n) is 20.2. The van der Waals surface area contributed by atoms with Gasteiger partial charge in [0.25, 0.3) is 0 Å². The molecule has 0 saturated carbocycles. The number of aryl methyl sites for hydroxylation is 1. The number of rotatable bonds is 7. The van der Waals surface area contributed by atoms with Crippen molar-refractivity contribution in [2.75, 3.05) is 0 Å². The number of H-pyrrole nitrogens is 1. The number of aromatic amines is 1. The normalized spacial score (nSPS) is 11.5. The van der Waals surface area contributed by atoms with Crippen LogP contribution in [0, 0.1) is 6.92 Å². The van der Waals surface area contributed by atoms with Gasteiger partial charge in [-0.15, -0.1) is 0 Å². The van der Waals surface area contributed by atoms with Crippen LogP contribution in [0.4, 0.5) is 0 Å². The maximum atomic E-state index is 4.95. The Hall–Kier alpha value is -7.75. The SMILES string of the molecule is Cc1ccc2c([nH]c3nc4ccccc4n32)c1-c1ccc(-c2c(-c3ccccc3)c(-c3ccccc3)c(-c3ccccc3)c(-c3ccccc3)c2-c2ccccc2)cc1. The minimum absolute atomic E-state index is 0.852. The Bertz CT molecular complexity index is 3170. The van der Waals surface area contributed by atoms with Crippen LogP contribution in [0.2, 0.25) is 0 Å². The maximum Gasteiger partial charge on any atom is 0.213 e. The first kappa shape index (κ1) is 34.5. The van der Waals surface area contributed by atoms with Crippen LogP contribution in [-0.2, 0) is 0 Å². The summed E-state index contributed by atoms with van der Waals surface area (Å²) in [6, 6.07) is 76.8. The lowest BCUT2D eigenvalue weighted by Crippen LogP contribution is -2.02. The van der Waals surface area contributed by atoms with E-state index in [0.717, 1.165) is 39.0 Å². The second kappa shape index (κ2) is 14.3. The molecule has 0 aliphatic rings. The topological polar surface area (TPSA) is 33.1 Å². The average Bonchev–Trinajstić information content (AvgIpc) is 3.86. The van der Waals surface area contributed by atoms with Crippen LogP contribution in [0.1, 0.15) is 5.56 Å². The zero-order valence-electron chi connectivity index (χ0n) is 32.6. The molecule has 0 amide bonds. The smallest absolute Gasteiger partial charge is 0.213 e. The van der Waals surface area contributed by atoms with Gasteiger partial charge in [-0.25, -0.2) is 4.98 Å². The minimum atomic E-state index is 0.852. The van der Waals surface area contributed by atoms with Gasteiger partial charge in [0.05, 0.1) is 22.1 Å². The zero-order valence-corrected chi connectivity index (χ0v) is 32.6. The molecule has 278 valence electrons. The van der Waals surface area contributed by atoms with E-state index in [9.17, 15) is 0 Å². The summed E-state index contributed by atoms with van der Waals surface area (Å²) < 4.78 is 2.24. The average molecular weight is 754 g/mol. The lowest BCUT2D eigenvalue weighted by Gasteiger charge is -2.29. The molecule has 0 radical (unpaired) electrons. The van der Waals surface area contributed by atoms with E-state index in [1.54, 1.807) is 0 Å². The second-order valence-corrected chi connectivity index (χ2v) is 15.2. The van der Waals surface area contributed by atoms with Crippen molar-refractivity contribution in [3.63, 3.8) is 0 Å². The summed E-state index contributed by atoms with van der Waals surface area (Å²) in [5, 5.41) is 0. The van der Waals surface area contributed by atoms with E-state index in [2.05, 4.69) is 223 Å². The molecule has 1 N–H and O–H groups in total. The van der Waals surface area contributed by atoms with Gasteiger partial charge in [0.15, 0.2) is 0 Å². The Morgan fingerprint density at radius 2 is 0.661 bits per heavy atom. The van der Waals surface area contributed by atoms with Crippen LogP contribution in [0.25, 0.3) is 106 Å². The Morgan fingerprint density at radius 3 is 1.07 bits per heavy atom. The Labute approximate surface area is 343 Å². The van der Waals surface area contributed by atoms with E-state index >= 15 is 0 Å². The molecule has 2 heterocycles. The highest BCUT2D eigenvalue weighted by Crippen LogP contribution is 2.56. The van der Waals surface area contributed by atoms with Crippen LogP contribution < -0.4 is 0 Å². The van der Waals surface area contributed by atoms with E-state index in [-0.39, 0.29) is 0 Å². The molecule has 11 rings (SSSR count). The summed E-state index contributed by atoms with van der Waals surface area (Å²) in [7, 11) is 0. The number of nitrogens with one attached hydrogen (secondary N) is 1. The van der Waals surface area contributed by atoms with Gasteiger partial charge >= 0.3 is 0 Å². The van der Waals surface area contributed by atoms with E-state index in [0.29, 0.717) is 0 Å². The molecular weight excluding hydrogens is 715 g/mol. The van der Waals surface area contributed by atoms with Crippen LogP contribution in [0.3, 0.4) is 0 Å². The molecule has 0 aliphatic carbocycles. The second-order valence-electron chi connectivity index (χ2n) is 15.2. The Balaban J connectivity index is 1.26. The molecule has 0 fully saturated rings. The van der Waals surface area contributed by atoms with Crippen molar-refractivity contribution in [2.24, 2.45) is 0 Å². The molecule has 11 aromatic rings. The van der Waals surface area contributed by atoms with Gasteiger partial charge in [-0.1, -0.05) is 194 Å². The van der Waals surface area contributed by atoms with Gasteiger partial charge in [-0.05, 0) is 103 Å². The molecule has 0 saturated heterocycles. The van der Waals surface area contributed by atoms with Gasteiger partial charge in [0.2, 0.25) is 5.78 Å². The number of aromatic nitrogens is 3. The molecule has 0 bridgehead atoms. The van der Waals surface area contributed by atoms with Gasteiger partial charge < -0.3 is 4.98 Å². The quantitative estimate of drug-likeness (QED) is 0.173. The molecule has 3 nitrogen and oxygen atoms in total. The summed E-state index contributed by atoms with van der Waals surface area (Å²) in [6.45, 7) is 2.20. The molecule has 59 heavy (non-hydrogen) atoms. The Morgan fingerprint density at radius 1 is 0.322 bits per heavy atom. The van der Waals surface area contributed by atoms with Gasteiger partial charge in [-0.2, -0.15) is 0 Å². The first-order chi connectivity index (χ1) is 29.2. The van der Waals surface area contributed by atoms with Crippen molar-refractivity contribution in [1.29, 1.82) is 0 Å². The number of hydrogen-bond donors (Lipinski definition) is 1. The van der Waals surface area contributed by atoms with Crippen LogP contribution in [0.5, 0.6) is 0 Å². The number of imidazole rings is 2. The number of hydrogen-bond acceptors (Lipinski definition) is 1. The fraction of sp³-hybridized carbons (Fsp3) is 0.0179. The third kappa shape index (κ3) is 5.78. The summed E-state index contributed by atoms with van der Waals surface area (Å²) >= 11 is 0. The lowest BCUT2D eigenvalue weighted by atomic mass is 9.74. The van der Waals surface area contributed by atoms with Gasteiger partial charge in [-0.3, -0.25) is 4.40 Å². The van der Waals surface area contributed by atoms with Crippen molar-refractivity contribution in [1.82, 2.24) is 14.4 Å². The lowest BCUT2D eigenvalue weighted by molar-refractivity contribution is 1.28. The molecular formula is C56H39N3. The molecule has 2 aromatic heterocycles. The minimum Gasteiger partial charge on any atom is -0.323 e. The molecule has 0 unspecified atom stereocenters. The highest BCUT2D eigenvalue weighted by molar-refractivity contribution is 6.15. The summed E-state index contributed by atoms with van der Waals surface area (Å²) in [5.74, 6) is 0.852. The maximum absolute atomic E-state index is 4.95. The highest BCUT2D eigenvalue weighted by Gasteiger charge is 2.29. The van der Waals surface area contributed by atoms with Gasteiger partial charge in [0.1, 0.15) is 0 Å². The molecule has 0 atom stereocenters. The van der Waals surface area contributed by atoms with Crippen molar-refractivity contribution in [3.8, 4) is 77.9 Å². The molecule has 3 heteroatoms. The van der Waals surface area contributed by atoms with Crippen LogP contribution in [-0.4, -0.2) is 14.4 Å². The number of nitrogens with zero attached hydrogens (tertiary/aromatic N) is 2. The summed E-state index contributed by atoms with van der Waals surface area (Å²) in [5.41, 5.74) is 22.1. The summed E-state index contributed by atoms with van der Waals surface area (Å²) in [6.07, 6.45) is 0. The van der Waals surface area contributed by atoms with Crippen molar-refractivity contribution in [2.45, 2.75) is 6.92 Å². The van der Waals surface area contributed by atoms with Crippen LogP contribution in [0.15, 0.2) is 212 Å². The first-order valence-corrected chi connectivity index (χ1v) is 20.2. The molecule has 9 aromatic carbocycles. The fourth-order valence-corrected chi connectivity index (χ4v) is 9.16. The molecule has 0 aliphatic heterocycles. The zero-order chi connectivity index (χ0) is 39.3. The Kier molecular flexibility index (Phi) is 8.37. The van der Waals surface area contributed by atoms with E-state index in [4.69, 9.17) is 4.98 Å². The van der Waals surface area contributed by atoms with E-state index in [1.807, 2.05) is 6.07 Å². The third-order valence-corrected chi connectivity index (χ3v) is 11.7. The van der Waals surface area contributed by atoms with Gasteiger partial charge in [0, 0.05) is 5.56 Å². The summed E-state index contributed by atoms with van der Waals surface area (Å²) in [4.78, 5) is 8.66. The predicted molar refractivity (Wildman–Crippen MR) is 247 cm³/mol. The van der Waals surface area contributed by atoms with E-state index in [1.165, 1.54) is 72.3 Å². The largest absolute Gasteiger partial charge is 0.323 e. The molecule has 0 spiro atoms. The standard InChI is InChI=1S/C56H39N3/c1-37-31-36-47-55(58-56-57-45-29-17-18-30-46(45)59(47)56)48(37)43-32-34-44(35-33-43)54-52(41-25-13-5-14-26-41)50(39-21-9-3-10-22-39)49(38-19-7-2-8-20-38)51(40-23-11-4-12-24-40)53(54)42-27-15-6-16-28-42/h2-36H,1H3,(H,57,58). The third-order valence-electron chi connectivity index (χ3n) is 11.7. The monoisotopic (exact) mass is 753 g/mol. The van der Waals surface area contributed by atoms with E-state index < -0.39 is 0 Å². The number of benzene rings is 9. The highest BCUT2D eigenvalue weighted by atomic mass is 15.1. The van der Waals surface area contributed by atoms with Crippen LogP contribution >= 0.6 is 0 Å². The fourth-order valence-electron chi connectivity index (χ4n) is 9.16. The van der Waals surface area contributed by atoms with Crippen molar-refractivity contribution >= 4 is 27.8 Å². The number of para-hydroxylation sites is 2. The van der Waals surface area contributed by atoms with Crippen molar-refractivity contribution in [3.05, 3.63) is 218 Å². The predicted octanol–water partition coefficient (Wildman–Crippen LogP) is 14.9.